The molecule has 0 bridgehead atoms. The van der Waals surface area contributed by atoms with Crippen LogP contribution < -0.4 is 5.32 Å². The Labute approximate surface area is 109 Å². The molecule has 1 aliphatic carbocycles. The first-order chi connectivity index (χ1) is 8.83. The standard InChI is InChI=1S/C15H22FNO/c1-2-10-18-11-4-9-17-15-8-7-12-13(15)5-3-6-14(12)16/h3,5-6,15,17H,2,4,7-11H2,1H3. The summed E-state index contributed by atoms with van der Waals surface area (Å²) in [5.41, 5.74) is 2.04. The lowest BCUT2D eigenvalue weighted by Gasteiger charge is -2.14. The highest BCUT2D eigenvalue weighted by atomic mass is 19.1. The van der Waals surface area contributed by atoms with Crippen molar-refractivity contribution in [2.75, 3.05) is 19.8 Å². The fraction of sp³-hybridized carbons (Fsp3) is 0.600. The van der Waals surface area contributed by atoms with Gasteiger partial charge < -0.3 is 10.1 Å². The predicted molar refractivity (Wildman–Crippen MR) is 71.2 cm³/mol. The van der Waals surface area contributed by atoms with Crippen LogP contribution in [0.5, 0.6) is 0 Å². The normalized spacial score (nSPS) is 18.0. The van der Waals surface area contributed by atoms with Crippen molar-refractivity contribution < 1.29 is 9.13 Å². The minimum Gasteiger partial charge on any atom is -0.381 e. The zero-order valence-corrected chi connectivity index (χ0v) is 11.0. The van der Waals surface area contributed by atoms with Gasteiger partial charge in [-0.15, -0.1) is 0 Å². The fourth-order valence-electron chi connectivity index (χ4n) is 2.52. The van der Waals surface area contributed by atoms with E-state index >= 15 is 0 Å². The monoisotopic (exact) mass is 251 g/mol. The van der Waals surface area contributed by atoms with Gasteiger partial charge in [-0.2, -0.15) is 0 Å². The van der Waals surface area contributed by atoms with Gasteiger partial charge in [-0.1, -0.05) is 19.1 Å². The summed E-state index contributed by atoms with van der Waals surface area (Å²) in [7, 11) is 0. The van der Waals surface area contributed by atoms with Crippen LogP contribution >= 0.6 is 0 Å². The van der Waals surface area contributed by atoms with E-state index in [1.165, 1.54) is 0 Å². The summed E-state index contributed by atoms with van der Waals surface area (Å²) in [6.07, 6.45) is 3.95. The number of halogens is 1. The zero-order chi connectivity index (χ0) is 12.8. The van der Waals surface area contributed by atoms with Gasteiger partial charge >= 0.3 is 0 Å². The number of fused-ring (bicyclic) bond motifs is 1. The van der Waals surface area contributed by atoms with Crippen LogP contribution in [0.25, 0.3) is 0 Å². The van der Waals surface area contributed by atoms with E-state index in [1.807, 2.05) is 6.07 Å². The van der Waals surface area contributed by atoms with E-state index in [1.54, 1.807) is 12.1 Å². The third-order valence-corrected chi connectivity index (χ3v) is 3.42. The summed E-state index contributed by atoms with van der Waals surface area (Å²) >= 11 is 0. The molecule has 0 amide bonds. The Morgan fingerprint density at radius 2 is 2.28 bits per heavy atom. The predicted octanol–water partition coefficient (Wildman–Crippen LogP) is 3.22. The second kappa shape index (κ2) is 6.86. The minimum absolute atomic E-state index is 0.0527. The van der Waals surface area contributed by atoms with Crippen LogP contribution in [-0.4, -0.2) is 19.8 Å². The summed E-state index contributed by atoms with van der Waals surface area (Å²) in [5, 5.41) is 3.50. The third-order valence-electron chi connectivity index (χ3n) is 3.42. The summed E-state index contributed by atoms with van der Waals surface area (Å²) in [5.74, 6) is -0.0527. The van der Waals surface area contributed by atoms with Gasteiger partial charge in [-0.05, 0) is 49.4 Å². The molecular formula is C15H22FNO. The molecule has 1 N–H and O–H groups in total. The van der Waals surface area contributed by atoms with Crippen LogP contribution in [0.15, 0.2) is 18.2 Å². The van der Waals surface area contributed by atoms with Gasteiger partial charge in [0.15, 0.2) is 0 Å². The molecule has 0 saturated heterocycles. The molecule has 0 aliphatic heterocycles. The van der Waals surface area contributed by atoms with Gasteiger partial charge in [0.25, 0.3) is 0 Å². The van der Waals surface area contributed by atoms with Gasteiger partial charge in [0.1, 0.15) is 5.82 Å². The molecule has 1 unspecified atom stereocenters. The summed E-state index contributed by atoms with van der Waals surface area (Å²) in [6.45, 7) is 4.70. The maximum absolute atomic E-state index is 13.5. The average Bonchev–Trinajstić information content (AvgIpc) is 2.79. The van der Waals surface area contributed by atoms with E-state index in [9.17, 15) is 4.39 Å². The summed E-state index contributed by atoms with van der Waals surface area (Å²) < 4.78 is 19.0. The van der Waals surface area contributed by atoms with Crippen LogP contribution in [0.2, 0.25) is 0 Å². The molecule has 0 heterocycles. The minimum atomic E-state index is -0.0527. The van der Waals surface area contributed by atoms with Gasteiger partial charge in [0.05, 0.1) is 0 Å². The second-order valence-corrected chi connectivity index (χ2v) is 4.82. The zero-order valence-electron chi connectivity index (χ0n) is 11.0. The number of hydrogen-bond acceptors (Lipinski definition) is 2. The molecule has 0 fully saturated rings. The fourth-order valence-corrected chi connectivity index (χ4v) is 2.52. The second-order valence-electron chi connectivity index (χ2n) is 4.82. The number of ether oxygens (including phenoxy) is 1. The molecule has 0 spiro atoms. The van der Waals surface area contributed by atoms with Crippen molar-refractivity contribution in [2.24, 2.45) is 0 Å². The van der Waals surface area contributed by atoms with Crippen LogP contribution in [0.3, 0.4) is 0 Å². The first-order valence-corrected chi connectivity index (χ1v) is 6.91. The topological polar surface area (TPSA) is 21.3 Å². The van der Waals surface area contributed by atoms with E-state index < -0.39 is 0 Å². The van der Waals surface area contributed by atoms with Crippen molar-refractivity contribution in [1.29, 1.82) is 0 Å². The molecule has 1 aliphatic rings. The highest BCUT2D eigenvalue weighted by molar-refractivity contribution is 5.35. The van der Waals surface area contributed by atoms with Crippen LogP contribution in [0.4, 0.5) is 4.39 Å². The van der Waals surface area contributed by atoms with Crippen molar-refractivity contribution >= 4 is 0 Å². The largest absolute Gasteiger partial charge is 0.381 e. The Morgan fingerprint density at radius 1 is 1.39 bits per heavy atom. The Kier molecular flexibility index (Phi) is 5.14. The van der Waals surface area contributed by atoms with Gasteiger partial charge in [-0.3, -0.25) is 0 Å². The molecule has 2 rings (SSSR count). The van der Waals surface area contributed by atoms with Crippen molar-refractivity contribution in [3.05, 3.63) is 35.1 Å². The SMILES string of the molecule is CCCOCCCNC1CCc2c(F)cccc21. The number of nitrogens with one attached hydrogen (secondary N) is 1. The Balaban J connectivity index is 1.75. The molecule has 100 valence electrons. The smallest absolute Gasteiger partial charge is 0.126 e. The maximum Gasteiger partial charge on any atom is 0.126 e. The van der Waals surface area contributed by atoms with Crippen LogP contribution in [0.1, 0.15) is 43.4 Å². The van der Waals surface area contributed by atoms with Crippen LogP contribution in [0, 0.1) is 5.82 Å². The molecule has 0 saturated carbocycles. The van der Waals surface area contributed by atoms with Gasteiger partial charge in [0, 0.05) is 19.3 Å². The lowest BCUT2D eigenvalue weighted by Crippen LogP contribution is -2.21. The molecule has 1 aromatic rings. The van der Waals surface area contributed by atoms with Gasteiger partial charge in [-0.25, -0.2) is 4.39 Å². The third kappa shape index (κ3) is 3.30. The Bertz CT molecular complexity index is 381. The number of hydrogen-bond donors (Lipinski definition) is 1. The van der Waals surface area contributed by atoms with Crippen molar-refractivity contribution in [3.8, 4) is 0 Å². The van der Waals surface area contributed by atoms with Crippen molar-refractivity contribution in [2.45, 2.75) is 38.6 Å². The van der Waals surface area contributed by atoms with E-state index in [0.717, 1.165) is 56.6 Å². The van der Waals surface area contributed by atoms with E-state index in [0.29, 0.717) is 6.04 Å². The first-order valence-electron chi connectivity index (χ1n) is 6.91. The number of benzene rings is 1. The molecular weight excluding hydrogens is 229 g/mol. The summed E-state index contributed by atoms with van der Waals surface area (Å²) in [6, 6.07) is 5.72. The summed E-state index contributed by atoms with van der Waals surface area (Å²) in [4.78, 5) is 0. The number of rotatable bonds is 7. The highest BCUT2D eigenvalue weighted by Crippen LogP contribution is 2.32. The molecule has 3 heteroatoms. The molecule has 1 aromatic carbocycles. The Morgan fingerprint density at radius 3 is 3.11 bits per heavy atom. The van der Waals surface area contributed by atoms with E-state index in [-0.39, 0.29) is 5.82 Å². The Hall–Kier alpha value is -0.930. The van der Waals surface area contributed by atoms with E-state index in [2.05, 4.69) is 12.2 Å². The van der Waals surface area contributed by atoms with Crippen molar-refractivity contribution in [1.82, 2.24) is 5.32 Å². The molecule has 18 heavy (non-hydrogen) atoms. The molecule has 2 nitrogen and oxygen atoms in total. The lowest BCUT2D eigenvalue weighted by molar-refractivity contribution is 0.131. The van der Waals surface area contributed by atoms with Crippen molar-refractivity contribution in [3.63, 3.8) is 0 Å². The van der Waals surface area contributed by atoms with Crippen LogP contribution in [-0.2, 0) is 11.2 Å². The average molecular weight is 251 g/mol. The highest BCUT2D eigenvalue weighted by Gasteiger charge is 2.23. The molecule has 0 radical (unpaired) electrons. The lowest BCUT2D eigenvalue weighted by atomic mass is 10.1. The van der Waals surface area contributed by atoms with E-state index in [4.69, 9.17) is 4.74 Å². The quantitative estimate of drug-likeness (QED) is 0.751. The molecule has 1 atom stereocenters. The first kappa shape index (κ1) is 13.5. The maximum atomic E-state index is 13.5. The van der Waals surface area contributed by atoms with Gasteiger partial charge in [0.2, 0.25) is 0 Å². The molecule has 0 aromatic heterocycles.